The molecule has 0 aliphatic heterocycles. The van der Waals surface area contributed by atoms with Gasteiger partial charge in [0.05, 0.1) is 7.11 Å². The second-order valence-corrected chi connectivity index (χ2v) is 37.5. The van der Waals surface area contributed by atoms with Gasteiger partial charge < -0.3 is 19.5 Å². The van der Waals surface area contributed by atoms with Gasteiger partial charge in [0, 0.05) is 36.0 Å². The first-order chi connectivity index (χ1) is 66.1. The third kappa shape index (κ3) is 38.5. The number of aryl methyl sites for hydroxylation is 13. The summed E-state index contributed by atoms with van der Waals surface area (Å²) in [5.41, 5.74) is 30.9. The molecule has 15 aromatic rings. The molecular weight excluding hydrogens is 1660 g/mol. The van der Waals surface area contributed by atoms with Crippen LogP contribution in [0.5, 0.6) is 5.75 Å². The quantitative estimate of drug-likeness (QED) is 0.0386. The second kappa shape index (κ2) is 59.9. The number of nitrogens with one attached hydrogen (secondary N) is 1. The second-order valence-electron chi connectivity index (χ2n) is 37.0. The topological polar surface area (TPSA) is 39.7 Å². The first-order valence-electron chi connectivity index (χ1n) is 50.2. The highest BCUT2D eigenvalue weighted by Gasteiger charge is 2.20. The van der Waals surface area contributed by atoms with Crippen LogP contribution in [0.3, 0.4) is 0 Å². The van der Waals surface area contributed by atoms with Crippen LogP contribution in [0.2, 0.25) is 5.02 Å². The molecule has 0 aliphatic rings. The standard InChI is InChI=1S/C28H34.C27H31Cl.C27H33N.C24H26O2.C24H26O/c1-23-15-19-25(20-16-23)11-7-4-3-5-10-14-28(26-12-8-6-9-13-26)27-21-17-24(2)18-22-27;1-22-17-19-23(20-18-22)11-6-3-2-4-9-16-27(24-12-7-5-8-13-24)25-14-10-15-26(28)21-25;1-22-12-16-24(17-13-22)8-6-20-28-21-7-11-27(25-9-4-3-5-10-25)26-18-14-23(2)15-19-26;1-19-10-14-22(15-11-19)24(21-8-4-3-5-9-21)26-18-6-7-20-12-16-23(25-2)17-13-20;1-19-10-14-21(15-11-19)7-6-18-25-24(22-8-4-3-5-9-22)23-16-12-20(2)13-17-23/h6,8-9,12-13,15-22,28H,3-5,7,10-11,14H2,1-2H3;5,7-8,10,12-15,17-21,27H,2-4,6,9,11,16H2,1H3;3-5,9-10,12-19,27-28H,6-8,11,20-21H2,1-2H3;3-5,8-17,24H,6-7,18H2,1-2H3;3-5,8-17,24H,6-7,18H2,1-2H3. The Morgan fingerprint density at radius 1 is 0.215 bits per heavy atom. The van der Waals surface area contributed by atoms with E-state index in [0.717, 1.165) is 69.2 Å². The van der Waals surface area contributed by atoms with Crippen LogP contribution in [0.15, 0.2) is 394 Å². The van der Waals surface area contributed by atoms with E-state index < -0.39 is 0 Å². The number of benzene rings is 15. The van der Waals surface area contributed by atoms with E-state index in [2.05, 4.69) is 425 Å². The van der Waals surface area contributed by atoms with Crippen molar-refractivity contribution in [3.8, 4) is 5.75 Å². The zero-order chi connectivity index (χ0) is 94.5. The predicted octanol–water partition coefficient (Wildman–Crippen LogP) is 34.6. The van der Waals surface area contributed by atoms with Gasteiger partial charge in [0.25, 0.3) is 0 Å². The molecule has 0 aliphatic carbocycles. The van der Waals surface area contributed by atoms with E-state index in [4.69, 9.17) is 25.8 Å². The Hall–Kier alpha value is -11.7. The van der Waals surface area contributed by atoms with Crippen molar-refractivity contribution < 1.29 is 14.2 Å². The highest BCUT2D eigenvalue weighted by atomic mass is 35.5. The molecule has 5 unspecified atom stereocenters. The Morgan fingerprint density at radius 2 is 0.452 bits per heavy atom. The number of hydrogen-bond acceptors (Lipinski definition) is 4. The lowest BCUT2D eigenvalue weighted by molar-refractivity contribution is 0.0783. The van der Waals surface area contributed by atoms with Gasteiger partial charge in [-0.15, -0.1) is 0 Å². The van der Waals surface area contributed by atoms with Crippen molar-refractivity contribution in [2.45, 2.75) is 227 Å². The smallest absolute Gasteiger partial charge is 0.118 e. The molecule has 15 rings (SSSR count). The number of methoxy groups -OCH3 is 1. The monoisotopic (exact) mass is 1810 g/mol. The van der Waals surface area contributed by atoms with Gasteiger partial charge in [0.1, 0.15) is 18.0 Å². The lowest BCUT2D eigenvalue weighted by atomic mass is 9.86. The van der Waals surface area contributed by atoms with E-state index in [0.29, 0.717) is 17.8 Å². The van der Waals surface area contributed by atoms with E-state index in [1.807, 2.05) is 30.3 Å². The normalized spacial score (nSPS) is 12.0. The van der Waals surface area contributed by atoms with E-state index in [1.165, 1.54) is 237 Å². The van der Waals surface area contributed by atoms with E-state index in [1.54, 1.807) is 7.11 Å². The molecule has 5 heteroatoms. The molecule has 15 aromatic carbocycles. The maximum Gasteiger partial charge on any atom is 0.118 e. The van der Waals surface area contributed by atoms with Crippen LogP contribution < -0.4 is 10.1 Å². The molecule has 0 fully saturated rings. The molecule has 700 valence electrons. The molecule has 1 N–H and O–H groups in total. The van der Waals surface area contributed by atoms with Crippen molar-refractivity contribution in [2.24, 2.45) is 0 Å². The number of ether oxygens (including phenoxy) is 3. The molecule has 0 saturated heterocycles. The molecule has 0 amide bonds. The zero-order valence-corrected chi connectivity index (χ0v) is 83.2. The highest BCUT2D eigenvalue weighted by molar-refractivity contribution is 6.30. The summed E-state index contributed by atoms with van der Waals surface area (Å²) in [6.45, 7) is 20.8. The number of rotatable bonds is 45. The minimum Gasteiger partial charge on any atom is -0.497 e. The van der Waals surface area contributed by atoms with Crippen molar-refractivity contribution >= 4 is 11.6 Å². The molecule has 5 atom stereocenters. The van der Waals surface area contributed by atoms with Gasteiger partial charge in [-0.05, 0) is 266 Å². The summed E-state index contributed by atoms with van der Waals surface area (Å²) in [4.78, 5) is 0. The van der Waals surface area contributed by atoms with Gasteiger partial charge in [-0.1, -0.05) is 478 Å². The summed E-state index contributed by atoms with van der Waals surface area (Å²) in [6.07, 6.45) is 26.8. The van der Waals surface area contributed by atoms with Crippen LogP contribution in [0.1, 0.15) is 267 Å². The summed E-state index contributed by atoms with van der Waals surface area (Å²) in [5, 5.41) is 4.46. The molecule has 135 heavy (non-hydrogen) atoms. The van der Waals surface area contributed by atoms with E-state index in [-0.39, 0.29) is 12.2 Å². The SMILES string of the molecule is COc1ccc(CCCOC(c2ccccc2)c2ccc(C)cc2)cc1.Cc1ccc(CCCCCCCC(c2ccccc2)c2ccc(C)cc2)cc1.Cc1ccc(CCCCCCCC(c2ccccc2)c2cccc(Cl)c2)cc1.Cc1ccc(CCCNCCCC(c2ccccc2)c2ccc(C)cc2)cc1.Cc1ccc(CCCOC(c2ccccc2)c2ccc(C)cc2)cc1. The highest BCUT2D eigenvalue weighted by Crippen LogP contribution is 2.36. The maximum atomic E-state index is 6.30. The Labute approximate surface area is 818 Å². The van der Waals surface area contributed by atoms with Gasteiger partial charge in [-0.3, -0.25) is 0 Å². The van der Waals surface area contributed by atoms with Crippen molar-refractivity contribution in [3.63, 3.8) is 0 Å². The van der Waals surface area contributed by atoms with Crippen LogP contribution in [0.4, 0.5) is 0 Å². The maximum absolute atomic E-state index is 6.30. The van der Waals surface area contributed by atoms with Crippen molar-refractivity contribution in [1.29, 1.82) is 0 Å². The average Bonchev–Trinajstić information content (AvgIpc) is 0.858. The Kier molecular flexibility index (Phi) is 46.0. The predicted molar refractivity (Wildman–Crippen MR) is 577 cm³/mol. The Bertz CT molecular complexity index is 5470. The minimum atomic E-state index is -0.0207. The van der Waals surface area contributed by atoms with Crippen molar-refractivity contribution in [2.75, 3.05) is 33.4 Å². The molecule has 0 saturated carbocycles. The first kappa shape index (κ1) is 104. The largest absolute Gasteiger partial charge is 0.497 e. The third-order valence-electron chi connectivity index (χ3n) is 25.8. The summed E-state index contributed by atoms with van der Waals surface area (Å²) in [6, 6.07) is 141. The fourth-order valence-corrected chi connectivity index (χ4v) is 17.8. The molecule has 0 bridgehead atoms. The number of hydrogen-bond donors (Lipinski definition) is 1. The summed E-state index contributed by atoms with van der Waals surface area (Å²) < 4.78 is 17.8. The van der Waals surface area contributed by atoms with Gasteiger partial charge in [-0.25, -0.2) is 0 Å². The summed E-state index contributed by atoms with van der Waals surface area (Å²) in [7, 11) is 1.69. The Morgan fingerprint density at radius 3 is 0.778 bits per heavy atom. The summed E-state index contributed by atoms with van der Waals surface area (Å²) >= 11 is 6.25. The molecule has 0 heterocycles. The first-order valence-corrected chi connectivity index (χ1v) is 50.6. The minimum absolute atomic E-state index is 0.000169. The van der Waals surface area contributed by atoms with Crippen LogP contribution in [0, 0.1) is 55.4 Å². The van der Waals surface area contributed by atoms with Crippen LogP contribution in [-0.2, 0) is 41.6 Å². The summed E-state index contributed by atoms with van der Waals surface area (Å²) in [5.74, 6) is 2.34. The fraction of sp³-hybridized carbons (Fsp3) is 0.308. The van der Waals surface area contributed by atoms with Gasteiger partial charge in [-0.2, -0.15) is 0 Å². The van der Waals surface area contributed by atoms with Gasteiger partial charge in [0.15, 0.2) is 0 Å². The zero-order valence-electron chi connectivity index (χ0n) is 82.4. The third-order valence-corrected chi connectivity index (χ3v) is 26.0. The average molecular weight is 1810 g/mol. The number of halogens is 1. The van der Waals surface area contributed by atoms with E-state index in [9.17, 15) is 0 Å². The molecular formula is C130H150ClNO3. The fourth-order valence-electron chi connectivity index (χ4n) is 17.6. The van der Waals surface area contributed by atoms with Crippen LogP contribution in [-0.4, -0.2) is 33.4 Å². The Balaban J connectivity index is 0.000000162. The number of unbranched alkanes of at least 4 members (excludes halogenated alkanes) is 8. The van der Waals surface area contributed by atoms with Crippen LogP contribution in [0.25, 0.3) is 0 Å². The van der Waals surface area contributed by atoms with E-state index >= 15 is 0 Å². The molecule has 0 radical (unpaired) electrons. The van der Waals surface area contributed by atoms with Gasteiger partial charge >= 0.3 is 0 Å². The van der Waals surface area contributed by atoms with Crippen molar-refractivity contribution in [1.82, 2.24) is 5.32 Å². The van der Waals surface area contributed by atoms with Crippen LogP contribution >= 0.6 is 11.6 Å². The molecule has 4 nitrogen and oxygen atoms in total. The lowest BCUT2D eigenvalue weighted by Crippen LogP contribution is -2.18. The molecule has 0 spiro atoms. The van der Waals surface area contributed by atoms with Crippen molar-refractivity contribution in [3.05, 3.63) is 527 Å². The van der Waals surface area contributed by atoms with Gasteiger partial charge in [0.2, 0.25) is 0 Å². The lowest BCUT2D eigenvalue weighted by Gasteiger charge is -2.19. The molecule has 0 aromatic heterocycles.